The van der Waals surface area contributed by atoms with Crippen LogP contribution in [0.5, 0.6) is 0 Å². The molecule has 0 aromatic heterocycles. The van der Waals surface area contributed by atoms with E-state index in [1.165, 1.54) is 167 Å². The van der Waals surface area contributed by atoms with Gasteiger partial charge in [-0.15, -0.1) is 0 Å². The molecule has 18 atom stereocenters. The molecular weight excluding hydrogens is 1170 g/mol. The van der Waals surface area contributed by atoms with Gasteiger partial charge in [0, 0.05) is 19.8 Å². The van der Waals surface area contributed by atoms with Crippen molar-refractivity contribution in [2.24, 2.45) is 0 Å². The van der Waals surface area contributed by atoms with Gasteiger partial charge in [-0.2, -0.15) is 0 Å². The number of aliphatic hydroxyl groups is 11. The molecule has 0 radical (unpaired) electrons. The van der Waals surface area contributed by atoms with Gasteiger partial charge in [-0.3, -0.25) is 9.59 Å². The third kappa shape index (κ3) is 30.5. The van der Waals surface area contributed by atoms with Crippen molar-refractivity contribution in [2.45, 2.75) is 368 Å². The lowest BCUT2D eigenvalue weighted by Gasteiger charge is -2.50. The first-order valence-corrected chi connectivity index (χ1v) is 35.1. The van der Waals surface area contributed by atoms with E-state index in [-0.39, 0.29) is 12.3 Å². The molecule has 3 aliphatic rings. The van der Waals surface area contributed by atoms with E-state index in [4.69, 9.17) is 28.4 Å². The second-order valence-electron chi connectivity index (χ2n) is 25.8. The number of hydrogen-bond donors (Lipinski definition) is 14. The lowest BCUT2D eigenvalue weighted by molar-refractivity contribution is -0.386. The molecule has 2 amide bonds. The Kier molecular flexibility index (Phi) is 43.8. The molecule has 0 aliphatic carbocycles. The van der Waals surface area contributed by atoms with Gasteiger partial charge in [0.25, 0.3) is 5.79 Å². The summed E-state index contributed by atoms with van der Waals surface area (Å²) in [7, 11) is 0. The summed E-state index contributed by atoms with van der Waals surface area (Å²) in [5.74, 6) is -6.14. The summed E-state index contributed by atoms with van der Waals surface area (Å²) in [6.45, 7) is 2.13. The zero-order valence-corrected chi connectivity index (χ0v) is 55.0. The van der Waals surface area contributed by atoms with Gasteiger partial charge in [0.05, 0.1) is 50.7 Å². The smallest absolute Gasteiger partial charge is 0.364 e. The van der Waals surface area contributed by atoms with Crippen molar-refractivity contribution in [3.8, 4) is 0 Å². The number of ether oxygens (including phenoxy) is 6. The van der Waals surface area contributed by atoms with Crippen LogP contribution in [0, 0.1) is 0 Å². The van der Waals surface area contributed by atoms with Gasteiger partial charge in [-0.1, -0.05) is 231 Å². The molecule has 18 unspecified atom stereocenters. The highest BCUT2D eigenvalue weighted by molar-refractivity contribution is 5.77. The van der Waals surface area contributed by atoms with Crippen LogP contribution < -0.4 is 10.6 Å². The fourth-order valence-corrected chi connectivity index (χ4v) is 12.4. The number of rotatable bonds is 53. The van der Waals surface area contributed by atoms with Crippen LogP contribution in [0.15, 0.2) is 12.2 Å². The van der Waals surface area contributed by atoms with Gasteiger partial charge in [0.2, 0.25) is 11.8 Å². The fraction of sp³-hybridized carbons (Fsp3) is 0.925. The first-order chi connectivity index (χ1) is 43.4. The Hall–Kier alpha value is -2.53. The summed E-state index contributed by atoms with van der Waals surface area (Å²) < 4.78 is 34.8. The highest BCUT2D eigenvalue weighted by atomic mass is 16.8. The van der Waals surface area contributed by atoms with Gasteiger partial charge in [-0.25, -0.2) is 4.79 Å². The lowest BCUT2D eigenvalue weighted by Crippen LogP contribution is -2.70. The summed E-state index contributed by atoms with van der Waals surface area (Å²) >= 11 is 0. The monoisotopic (exact) mass is 1290 g/mol. The Morgan fingerprint density at radius 3 is 1.48 bits per heavy atom. The summed E-state index contributed by atoms with van der Waals surface area (Å²) in [5, 5.41) is 136. The molecule has 3 fully saturated rings. The van der Waals surface area contributed by atoms with E-state index in [9.17, 15) is 75.7 Å². The zero-order chi connectivity index (χ0) is 66.1. The predicted octanol–water partition coefficient (Wildman–Crippen LogP) is 6.29. The summed E-state index contributed by atoms with van der Waals surface area (Å²) in [6, 6.07) is -2.61. The number of nitrogens with one attached hydrogen (secondary N) is 2. The molecule has 23 heteroatoms. The van der Waals surface area contributed by atoms with E-state index >= 15 is 0 Å². The molecular formula is C67H124N2O21. The fourth-order valence-electron chi connectivity index (χ4n) is 12.4. The van der Waals surface area contributed by atoms with Crippen molar-refractivity contribution in [2.75, 3.05) is 26.4 Å². The minimum atomic E-state index is -3.08. The molecule has 3 saturated heterocycles. The van der Waals surface area contributed by atoms with E-state index in [1.54, 1.807) is 6.08 Å². The van der Waals surface area contributed by atoms with Crippen LogP contribution >= 0.6 is 0 Å². The number of carboxylic acids is 1. The number of aliphatic hydroxyl groups excluding tert-OH is 11. The minimum Gasteiger partial charge on any atom is -0.477 e. The number of hydrogen-bond acceptors (Lipinski definition) is 20. The molecule has 0 aromatic carbocycles. The molecule has 528 valence electrons. The minimum absolute atomic E-state index is 0.204. The quantitative estimate of drug-likeness (QED) is 0.0235. The molecule has 0 spiro atoms. The van der Waals surface area contributed by atoms with E-state index in [1.807, 2.05) is 6.08 Å². The van der Waals surface area contributed by atoms with Crippen molar-refractivity contribution in [3.63, 3.8) is 0 Å². The van der Waals surface area contributed by atoms with Crippen LogP contribution in [-0.2, 0) is 42.8 Å². The van der Waals surface area contributed by atoms with Gasteiger partial charge in [0.1, 0.15) is 67.1 Å². The van der Waals surface area contributed by atoms with Crippen molar-refractivity contribution in [1.29, 1.82) is 0 Å². The van der Waals surface area contributed by atoms with Crippen molar-refractivity contribution < 1.29 is 104 Å². The lowest BCUT2D eigenvalue weighted by atomic mass is 9.88. The zero-order valence-electron chi connectivity index (χ0n) is 55.0. The van der Waals surface area contributed by atoms with Gasteiger partial charge in [-0.05, 0) is 19.3 Å². The van der Waals surface area contributed by atoms with Crippen LogP contribution in [0.1, 0.15) is 258 Å². The molecule has 0 saturated carbocycles. The third-order valence-electron chi connectivity index (χ3n) is 18.0. The number of amides is 2. The first kappa shape index (κ1) is 81.7. The topological polar surface area (TPSA) is 373 Å². The van der Waals surface area contributed by atoms with Crippen LogP contribution in [0.25, 0.3) is 0 Å². The highest BCUT2D eigenvalue weighted by Gasteiger charge is 2.60. The maximum atomic E-state index is 13.4. The molecule has 3 aliphatic heterocycles. The van der Waals surface area contributed by atoms with E-state index < -0.39 is 155 Å². The number of allylic oxidation sites excluding steroid dienone is 1. The number of carbonyl (C=O) groups is 3. The van der Waals surface area contributed by atoms with E-state index in [0.717, 1.165) is 51.9 Å². The number of carboxylic acid groups (broad SMARTS) is 1. The van der Waals surface area contributed by atoms with Gasteiger partial charge >= 0.3 is 5.97 Å². The average Bonchev–Trinajstić information content (AvgIpc) is 0.786. The predicted molar refractivity (Wildman–Crippen MR) is 338 cm³/mol. The Morgan fingerprint density at radius 1 is 0.578 bits per heavy atom. The molecule has 3 rings (SSSR count). The van der Waals surface area contributed by atoms with E-state index in [0.29, 0.717) is 12.8 Å². The average molecular weight is 1290 g/mol. The summed E-state index contributed by atoms with van der Waals surface area (Å²) in [4.78, 5) is 38.5. The summed E-state index contributed by atoms with van der Waals surface area (Å²) in [6.07, 6.45) is 17.1. The largest absolute Gasteiger partial charge is 0.477 e. The molecule has 14 N–H and O–H groups in total. The molecule has 90 heavy (non-hydrogen) atoms. The first-order valence-electron chi connectivity index (χ1n) is 35.1. The second kappa shape index (κ2) is 48.2. The Labute approximate surface area is 537 Å². The number of unbranched alkanes of at least 4 members (excludes halogenated alkanes) is 33. The van der Waals surface area contributed by atoms with Crippen molar-refractivity contribution in [3.05, 3.63) is 12.2 Å². The van der Waals surface area contributed by atoms with Gasteiger partial charge < -0.3 is 100 Å². The molecule has 0 aromatic rings. The van der Waals surface area contributed by atoms with Crippen LogP contribution in [0.2, 0.25) is 0 Å². The maximum Gasteiger partial charge on any atom is 0.364 e. The van der Waals surface area contributed by atoms with Crippen LogP contribution in [0.4, 0.5) is 0 Å². The highest BCUT2D eigenvalue weighted by Crippen LogP contribution is 2.39. The molecule has 0 bridgehead atoms. The Balaban J connectivity index is 1.56. The number of aliphatic carboxylic acids is 1. The summed E-state index contributed by atoms with van der Waals surface area (Å²) in [5.41, 5.74) is 0. The Morgan fingerprint density at radius 2 is 1.03 bits per heavy atom. The number of carbonyl (C=O) groups excluding carboxylic acids is 2. The third-order valence-corrected chi connectivity index (χ3v) is 18.0. The van der Waals surface area contributed by atoms with Crippen molar-refractivity contribution in [1.82, 2.24) is 10.6 Å². The second-order valence-corrected chi connectivity index (χ2v) is 25.8. The molecule has 23 nitrogen and oxygen atoms in total. The standard InChI is InChI=1S/C67H124N2O21/c1-4-6-8-10-12-14-16-17-18-19-20-21-22-23-24-25-26-27-28-29-31-32-34-36-38-40-49(74)48(69-54(77)41-39-37-35-33-30-15-13-11-9-7-5-2)46-85-64-59(81)58(80)61(53(45-72)87-64)88-65-60(82)63(57(79)52(44-71)86-65)90-67(66(83)84)42-50(75)55(68-47(3)73)62(89-67)56(78)51(76)43-70/h38,40,48-53,55-65,70-72,74-76,78-82H,4-37,39,41-46H2,1-3H3,(H,68,73)(H,69,77)(H,83,84)/b40-38+. The van der Waals surface area contributed by atoms with E-state index in [2.05, 4.69) is 24.5 Å². The molecule has 3 heterocycles. The SMILES string of the molecule is CCCCCCCCCCCCCCCCCCCCCCCCC/C=C/C(O)C(COC1OC(CO)C(OC2OC(CO)C(O)C(OC3(C(=O)O)CC(O)C(NC(C)=O)C(C(O)C(O)CO)O3)C2O)C(O)C1O)NC(=O)CCCCCCCCCCCCC. The van der Waals surface area contributed by atoms with Crippen LogP contribution in [-0.4, -0.2) is 215 Å². The van der Waals surface area contributed by atoms with Crippen molar-refractivity contribution >= 4 is 17.8 Å². The van der Waals surface area contributed by atoms with Gasteiger partial charge in [0.15, 0.2) is 12.6 Å². The van der Waals surface area contributed by atoms with Crippen LogP contribution in [0.3, 0.4) is 0 Å². The normalized spacial score (nSPS) is 28.6. The maximum absolute atomic E-state index is 13.4. The Bertz CT molecular complexity index is 1870.